The molecule has 0 N–H and O–H groups in total. The number of furan rings is 2. The zero-order chi connectivity index (χ0) is 22.1. The van der Waals surface area contributed by atoms with Crippen molar-refractivity contribution in [1.82, 2.24) is 15.2 Å². The Kier molecular flexibility index (Phi) is 5.40. The molecule has 0 saturated carbocycles. The van der Waals surface area contributed by atoms with E-state index in [-0.39, 0.29) is 17.7 Å². The lowest BCUT2D eigenvalue weighted by Crippen LogP contribution is -2.28. The molecule has 32 heavy (non-hydrogen) atoms. The summed E-state index contributed by atoms with van der Waals surface area (Å²) in [5.41, 5.74) is 3.75. The van der Waals surface area contributed by atoms with Gasteiger partial charge in [0.05, 0.1) is 29.6 Å². The van der Waals surface area contributed by atoms with Crippen LogP contribution in [0.15, 0.2) is 78.6 Å². The lowest BCUT2D eigenvalue weighted by Gasteiger charge is -2.19. The Morgan fingerprint density at radius 2 is 1.94 bits per heavy atom. The smallest absolute Gasteiger partial charge is 0.277 e. The average molecular weight is 449 g/mol. The standard InChI is InChI=1S/C23H20N4O4S/c1-14-5-7-16(8-6-14)18-12-19(20-4-3-10-30-20)27(26-18)21(28)13-32-23-25-24-22(31-23)17-9-11-29-15(17)2/h3-11,19H,12-13H2,1-2H3/t19-/m1/s1. The normalized spacial score (nSPS) is 15.9. The van der Waals surface area contributed by atoms with Gasteiger partial charge in [-0.3, -0.25) is 4.79 Å². The van der Waals surface area contributed by atoms with Gasteiger partial charge in [0.25, 0.3) is 17.0 Å². The van der Waals surface area contributed by atoms with Gasteiger partial charge >= 0.3 is 0 Å². The topological polar surface area (TPSA) is 97.9 Å². The molecule has 0 unspecified atom stereocenters. The fourth-order valence-corrected chi connectivity index (χ4v) is 4.15. The van der Waals surface area contributed by atoms with Gasteiger partial charge in [-0.15, -0.1) is 10.2 Å². The van der Waals surface area contributed by atoms with Gasteiger partial charge in [0.2, 0.25) is 0 Å². The molecule has 1 aromatic carbocycles. The van der Waals surface area contributed by atoms with Crippen molar-refractivity contribution in [1.29, 1.82) is 0 Å². The van der Waals surface area contributed by atoms with Crippen molar-refractivity contribution >= 4 is 23.4 Å². The number of hydrogen-bond acceptors (Lipinski definition) is 8. The minimum absolute atomic E-state index is 0.105. The summed E-state index contributed by atoms with van der Waals surface area (Å²) < 4.78 is 16.5. The molecule has 8 nitrogen and oxygen atoms in total. The minimum Gasteiger partial charge on any atom is -0.469 e. The quantitative estimate of drug-likeness (QED) is 0.382. The molecule has 5 rings (SSSR count). The van der Waals surface area contributed by atoms with Crippen LogP contribution in [0, 0.1) is 13.8 Å². The summed E-state index contributed by atoms with van der Waals surface area (Å²) in [5, 5.41) is 14.5. The predicted octanol–water partition coefficient (Wildman–Crippen LogP) is 5.01. The summed E-state index contributed by atoms with van der Waals surface area (Å²) in [7, 11) is 0. The highest BCUT2D eigenvalue weighted by atomic mass is 32.2. The number of aromatic nitrogens is 2. The second-order valence-corrected chi connectivity index (χ2v) is 8.37. The van der Waals surface area contributed by atoms with Crippen molar-refractivity contribution in [2.45, 2.75) is 31.5 Å². The first-order valence-corrected chi connectivity index (χ1v) is 11.1. The van der Waals surface area contributed by atoms with Crippen LogP contribution < -0.4 is 0 Å². The highest BCUT2D eigenvalue weighted by Gasteiger charge is 2.35. The Morgan fingerprint density at radius 1 is 1.09 bits per heavy atom. The number of carbonyl (C=O) groups excluding carboxylic acids is 1. The van der Waals surface area contributed by atoms with Gasteiger partial charge in [0.15, 0.2) is 0 Å². The lowest BCUT2D eigenvalue weighted by molar-refractivity contribution is -0.130. The molecule has 9 heteroatoms. The molecule has 1 aliphatic heterocycles. The molecule has 0 radical (unpaired) electrons. The van der Waals surface area contributed by atoms with Gasteiger partial charge in [0, 0.05) is 6.42 Å². The number of aryl methyl sites for hydroxylation is 2. The van der Waals surface area contributed by atoms with Crippen LogP contribution in [0.5, 0.6) is 0 Å². The first kappa shape index (κ1) is 20.3. The third-order valence-electron chi connectivity index (χ3n) is 5.24. The van der Waals surface area contributed by atoms with Crippen molar-refractivity contribution < 1.29 is 18.0 Å². The molecule has 3 aromatic heterocycles. The number of carbonyl (C=O) groups is 1. The molecule has 162 valence electrons. The zero-order valence-corrected chi connectivity index (χ0v) is 18.3. The van der Waals surface area contributed by atoms with E-state index in [0.717, 1.165) is 16.8 Å². The molecule has 0 aliphatic carbocycles. The van der Waals surface area contributed by atoms with E-state index in [9.17, 15) is 4.79 Å². The number of hydrogen-bond donors (Lipinski definition) is 0. The van der Waals surface area contributed by atoms with E-state index in [4.69, 9.17) is 13.3 Å². The van der Waals surface area contributed by atoms with Crippen molar-refractivity contribution in [3.8, 4) is 11.5 Å². The zero-order valence-electron chi connectivity index (χ0n) is 17.5. The number of benzene rings is 1. The maximum atomic E-state index is 13.1. The minimum atomic E-state index is -0.291. The molecule has 0 saturated heterocycles. The van der Waals surface area contributed by atoms with E-state index in [0.29, 0.717) is 29.1 Å². The predicted molar refractivity (Wildman–Crippen MR) is 118 cm³/mol. The van der Waals surface area contributed by atoms with Crippen molar-refractivity contribution in [3.63, 3.8) is 0 Å². The molecular formula is C23H20N4O4S. The molecule has 4 aromatic rings. The second kappa shape index (κ2) is 8.51. The highest BCUT2D eigenvalue weighted by Crippen LogP contribution is 2.34. The van der Waals surface area contributed by atoms with Crippen molar-refractivity contribution in [2.24, 2.45) is 5.10 Å². The number of thioether (sulfide) groups is 1. The van der Waals surface area contributed by atoms with Crippen LogP contribution in [0.3, 0.4) is 0 Å². The number of amides is 1. The van der Waals surface area contributed by atoms with Crippen LogP contribution in [0.2, 0.25) is 0 Å². The van der Waals surface area contributed by atoms with Gasteiger partial charge < -0.3 is 13.3 Å². The molecule has 0 spiro atoms. The van der Waals surface area contributed by atoms with Crippen LogP contribution >= 0.6 is 11.8 Å². The third kappa shape index (κ3) is 3.99. The molecule has 0 fully saturated rings. The molecule has 1 amide bonds. The average Bonchev–Trinajstić information content (AvgIpc) is 3.59. The maximum Gasteiger partial charge on any atom is 0.277 e. The summed E-state index contributed by atoms with van der Waals surface area (Å²) >= 11 is 1.18. The summed E-state index contributed by atoms with van der Waals surface area (Å²) in [6.07, 6.45) is 3.75. The van der Waals surface area contributed by atoms with Crippen LogP contribution in [0.4, 0.5) is 0 Å². The molecule has 4 heterocycles. The maximum absolute atomic E-state index is 13.1. The Balaban J connectivity index is 1.33. The monoisotopic (exact) mass is 448 g/mol. The summed E-state index contributed by atoms with van der Waals surface area (Å²) in [4.78, 5) is 13.1. The van der Waals surface area contributed by atoms with Crippen molar-refractivity contribution in [3.05, 3.63) is 77.6 Å². The van der Waals surface area contributed by atoms with E-state index < -0.39 is 0 Å². The molecule has 1 atom stereocenters. The Bertz CT molecular complexity index is 1260. The molecule has 1 aliphatic rings. The van der Waals surface area contributed by atoms with E-state index in [2.05, 4.69) is 15.3 Å². The van der Waals surface area contributed by atoms with Gasteiger partial charge in [-0.1, -0.05) is 41.6 Å². The first-order chi connectivity index (χ1) is 15.6. The van der Waals surface area contributed by atoms with E-state index in [1.165, 1.54) is 22.3 Å². The highest BCUT2D eigenvalue weighted by molar-refractivity contribution is 7.99. The SMILES string of the molecule is Cc1ccc(C2=NN(C(=O)CSc3nnc(-c4ccoc4C)o3)[C@@H](c3ccco3)C2)cc1. The van der Waals surface area contributed by atoms with Crippen LogP contribution in [0.25, 0.3) is 11.5 Å². The van der Waals surface area contributed by atoms with E-state index in [1.807, 2.05) is 50.2 Å². The summed E-state index contributed by atoms with van der Waals surface area (Å²) in [5.74, 6) is 1.69. The fourth-order valence-electron chi connectivity index (χ4n) is 3.54. The van der Waals surface area contributed by atoms with Gasteiger partial charge in [-0.05, 0) is 37.6 Å². The van der Waals surface area contributed by atoms with Gasteiger partial charge in [-0.2, -0.15) is 5.10 Å². The molecular weight excluding hydrogens is 428 g/mol. The van der Waals surface area contributed by atoms with Gasteiger partial charge in [0.1, 0.15) is 17.6 Å². The van der Waals surface area contributed by atoms with Crippen LogP contribution in [0.1, 0.15) is 35.1 Å². The van der Waals surface area contributed by atoms with Gasteiger partial charge in [-0.25, -0.2) is 5.01 Å². The third-order valence-corrected chi connectivity index (χ3v) is 6.04. The van der Waals surface area contributed by atoms with E-state index >= 15 is 0 Å². The molecule has 0 bridgehead atoms. The number of nitrogens with zero attached hydrogens (tertiary/aromatic N) is 4. The number of hydrazone groups is 1. The fraction of sp³-hybridized carbons (Fsp3) is 0.217. The Labute approximate surface area is 188 Å². The summed E-state index contributed by atoms with van der Waals surface area (Å²) in [6.45, 7) is 3.86. The summed E-state index contributed by atoms with van der Waals surface area (Å²) in [6, 6.07) is 13.3. The largest absolute Gasteiger partial charge is 0.469 e. The van der Waals surface area contributed by atoms with Crippen LogP contribution in [-0.4, -0.2) is 32.6 Å². The van der Waals surface area contributed by atoms with Crippen LogP contribution in [-0.2, 0) is 4.79 Å². The van der Waals surface area contributed by atoms with E-state index in [1.54, 1.807) is 18.6 Å². The second-order valence-electron chi connectivity index (χ2n) is 7.44. The first-order valence-electron chi connectivity index (χ1n) is 10.1. The Hall–Kier alpha value is -3.59. The Morgan fingerprint density at radius 3 is 2.66 bits per heavy atom. The van der Waals surface area contributed by atoms with Crippen molar-refractivity contribution in [2.75, 3.05) is 5.75 Å². The number of rotatable bonds is 6. The lowest BCUT2D eigenvalue weighted by atomic mass is 10.0.